The van der Waals surface area contributed by atoms with Gasteiger partial charge < -0.3 is 21.1 Å². The van der Waals surface area contributed by atoms with E-state index in [1.54, 1.807) is 37.4 Å². The van der Waals surface area contributed by atoms with Crippen molar-refractivity contribution in [2.45, 2.75) is 44.6 Å². The monoisotopic (exact) mass is 525 g/mol. The first kappa shape index (κ1) is 24.5. The first-order valence-corrected chi connectivity index (χ1v) is 12.8. The number of anilines is 2. The number of hydrogen-bond acceptors (Lipinski definition) is 7. The molecule has 5 heterocycles. The Bertz CT molecular complexity index is 1630. The van der Waals surface area contributed by atoms with Gasteiger partial charge in [0.2, 0.25) is 5.91 Å². The van der Waals surface area contributed by atoms with Crippen LogP contribution in [0.3, 0.4) is 0 Å². The van der Waals surface area contributed by atoms with Gasteiger partial charge in [-0.05, 0) is 44.4 Å². The third-order valence-electron chi connectivity index (χ3n) is 7.78. The van der Waals surface area contributed by atoms with Crippen molar-refractivity contribution < 1.29 is 19.5 Å². The third kappa shape index (κ3) is 4.25. The van der Waals surface area contributed by atoms with E-state index >= 15 is 0 Å². The quantitative estimate of drug-likeness (QED) is 0.357. The van der Waals surface area contributed by atoms with Crippen LogP contribution in [0.1, 0.15) is 63.7 Å². The molecule has 1 aromatic carbocycles. The number of aromatic carboxylic acids is 1. The molecule has 0 spiro atoms. The van der Waals surface area contributed by atoms with Crippen LogP contribution in [0.5, 0.6) is 0 Å². The SMILES string of the molecule is Cc1c(C(=O)O)ccnc1NC(=O)c1ccc(-c2nc([C@@H]3CC[C@H]4CCC(=O)N4C3)n3ccnc(N)c23)cc1. The summed E-state index contributed by atoms with van der Waals surface area (Å²) in [5, 5.41) is 12.0. The largest absolute Gasteiger partial charge is 0.478 e. The van der Waals surface area contributed by atoms with E-state index in [2.05, 4.69) is 15.3 Å². The van der Waals surface area contributed by atoms with Crippen molar-refractivity contribution in [3.8, 4) is 11.3 Å². The highest BCUT2D eigenvalue weighted by molar-refractivity contribution is 6.05. The molecule has 0 bridgehead atoms. The number of nitrogen functional groups attached to an aromatic ring is 1. The van der Waals surface area contributed by atoms with Crippen molar-refractivity contribution >= 4 is 34.9 Å². The van der Waals surface area contributed by atoms with Gasteiger partial charge in [-0.2, -0.15) is 0 Å². The minimum absolute atomic E-state index is 0.0758. The fourth-order valence-corrected chi connectivity index (χ4v) is 5.71. The lowest BCUT2D eigenvalue weighted by Gasteiger charge is -2.34. The summed E-state index contributed by atoms with van der Waals surface area (Å²) in [5.74, 6) is 0.166. The van der Waals surface area contributed by atoms with Crippen LogP contribution in [0.4, 0.5) is 11.6 Å². The lowest BCUT2D eigenvalue weighted by Crippen LogP contribution is -2.41. The summed E-state index contributed by atoms with van der Waals surface area (Å²) >= 11 is 0. The van der Waals surface area contributed by atoms with Crippen LogP contribution in [0.15, 0.2) is 48.9 Å². The maximum atomic E-state index is 12.9. The molecule has 2 amide bonds. The lowest BCUT2D eigenvalue weighted by molar-refractivity contribution is -0.130. The van der Waals surface area contributed by atoms with Crippen LogP contribution in [0.25, 0.3) is 16.8 Å². The number of nitrogens with two attached hydrogens (primary N) is 1. The molecule has 2 atom stereocenters. The topological polar surface area (TPSA) is 156 Å². The van der Waals surface area contributed by atoms with E-state index in [1.807, 2.05) is 15.5 Å². The summed E-state index contributed by atoms with van der Waals surface area (Å²) < 4.78 is 1.97. The number of nitrogens with zero attached hydrogens (tertiary/aromatic N) is 5. The maximum absolute atomic E-state index is 12.9. The van der Waals surface area contributed by atoms with E-state index in [0.29, 0.717) is 47.2 Å². The number of fused-ring (bicyclic) bond motifs is 2. The van der Waals surface area contributed by atoms with Crippen LogP contribution >= 0.6 is 0 Å². The van der Waals surface area contributed by atoms with Crippen molar-refractivity contribution in [1.29, 1.82) is 0 Å². The van der Waals surface area contributed by atoms with Gasteiger partial charge in [-0.1, -0.05) is 12.1 Å². The van der Waals surface area contributed by atoms with Crippen LogP contribution < -0.4 is 11.1 Å². The highest BCUT2D eigenvalue weighted by Crippen LogP contribution is 2.38. The number of aromatic nitrogens is 4. The number of rotatable bonds is 5. The molecule has 6 rings (SSSR count). The predicted molar refractivity (Wildman–Crippen MR) is 143 cm³/mol. The van der Waals surface area contributed by atoms with E-state index in [4.69, 9.17) is 10.7 Å². The standard InChI is InChI=1S/C28H27N7O4/c1-15-20(28(38)39)10-11-31-25(15)33-27(37)17-4-2-16(3-5-17)22-23-24(29)30-12-13-34(23)26(32-22)18-6-7-19-8-9-21(36)35(19)14-18/h2-5,10-13,18-19H,6-9,14H2,1H3,(H2,29,30)(H,38,39)(H,31,33,37)/t18-,19+/m1/s1. The minimum Gasteiger partial charge on any atom is -0.478 e. The van der Waals surface area contributed by atoms with E-state index < -0.39 is 11.9 Å². The first-order valence-electron chi connectivity index (χ1n) is 12.8. The van der Waals surface area contributed by atoms with E-state index in [9.17, 15) is 19.5 Å². The Hall–Kier alpha value is -4.80. The van der Waals surface area contributed by atoms with Crippen LogP contribution in [0, 0.1) is 6.92 Å². The first-order chi connectivity index (χ1) is 18.8. The molecule has 198 valence electrons. The molecule has 2 fully saturated rings. The van der Waals surface area contributed by atoms with Gasteiger partial charge in [0.15, 0.2) is 0 Å². The van der Waals surface area contributed by atoms with Crippen molar-refractivity contribution in [2.75, 3.05) is 17.6 Å². The zero-order chi connectivity index (χ0) is 27.3. The second-order valence-corrected chi connectivity index (χ2v) is 10.0. The normalized spacial score (nSPS) is 18.8. The van der Waals surface area contributed by atoms with Gasteiger partial charge in [-0.25, -0.2) is 19.7 Å². The smallest absolute Gasteiger partial charge is 0.336 e. The summed E-state index contributed by atoms with van der Waals surface area (Å²) in [6.07, 6.45) is 8.27. The van der Waals surface area contributed by atoms with Crippen molar-refractivity contribution in [2.24, 2.45) is 0 Å². The second kappa shape index (κ2) is 9.50. The number of benzene rings is 1. The Morgan fingerprint density at radius 1 is 1.08 bits per heavy atom. The molecule has 4 N–H and O–H groups in total. The number of nitrogens with one attached hydrogen (secondary N) is 1. The van der Waals surface area contributed by atoms with Gasteiger partial charge in [0.25, 0.3) is 5.91 Å². The average Bonchev–Trinajstić information content (AvgIpc) is 3.51. The Labute approximate surface area is 223 Å². The average molecular weight is 526 g/mol. The molecule has 11 nitrogen and oxygen atoms in total. The van der Waals surface area contributed by atoms with Gasteiger partial charge in [-0.15, -0.1) is 0 Å². The predicted octanol–water partition coefficient (Wildman–Crippen LogP) is 3.50. The van der Waals surface area contributed by atoms with Crippen molar-refractivity contribution in [1.82, 2.24) is 24.3 Å². The summed E-state index contributed by atoms with van der Waals surface area (Å²) in [6, 6.07) is 8.65. The summed E-state index contributed by atoms with van der Waals surface area (Å²) in [5.41, 5.74) is 9.24. The molecule has 0 radical (unpaired) electrons. The number of carboxylic acid groups (broad SMARTS) is 1. The van der Waals surface area contributed by atoms with Crippen LogP contribution in [-0.4, -0.2) is 59.7 Å². The minimum atomic E-state index is -1.09. The Morgan fingerprint density at radius 2 is 1.87 bits per heavy atom. The van der Waals surface area contributed by atoms with Crippen LogP contribution in [0.2, 0.25) is 0 Å². The summed E-state index contributed by atoms with van der Waals surface area (Å²) in [6.45, 7) is 2.24. The summed E-state index contributed by atoms with van der Waals surface area (Å²) in [7, 11) is 0. The zero-order valence-corrected chi connectivity index (χ0v) is 21.3. The number of imidazole rings is 1. The fraction of sp³-hybridized carbons (Fsp3) is 0.286. The molecule has 11 heteroatoms. The summed E-state index contributed by atoms with van der Waals surface area (Å²) in [4.78, 5) is 52.1. The molecule has 2 aliphatic rings. The number of carbonyl (C=O) groups excluding carboxylic acids is 2. The highest BCUT2D eigenvalue weighted by atomic mass is 16.4. The number of pyridine rings is 1. The number of amides is 2. The Morgan fingerprint density at radius 3 is 2.64 bits per heavy atom. The molecule has 2 saturated heterocycles. The highest BCUT2D eigenvalue weighted by Gasteiger charge is 2.38. The van der Waals surface area contributed by atoms with Gasteiger partial charge in [-0.3, -0.25) is 14.0 Å². The van der Waals surface area contributed by atoms with Crippen molar-refractivity contribution in [3.63, 3.8) is 0 Å². The Balaban J connectivity index is 1.30. The molecular formula is C28H27N7O4. The van der Waals surface area contributed by atoms with Gasteiger partial charge in [0.05, 0.1) is 5.56 Å². The Kier molecular flexibility index (Phi) is 5.97. The number of piperidine rings is 1. The molecule has 0 unspecified atom stereocenters. The molecule has 0 aliphatic carbocycles. The van der Waals surface area contributed by atoms with E-state index in [0.717, 1.165) is 30.7 Å². The van der Waals surface area contributed by atoms with Crippen molar-refractivity contribution in [3.05, 3.63) is 71.4 Å². The molecule has 39 heavy (non-hydrogen) atoms. The zero-order valence-electron chi connectivity index (χ0n) is 21.3. The molecule has 2 aliphatic heterocycles. The lowest BCUT2D eigenvalue weighted by atomic mass is 9.92. The maximum Gasteiger partial charge on any atom is 0.336 e. The van der Waals surface area contributed by atoms with Gasteiger partial charge >= 0.3 is 5.97 Å². The van der Waals surface area contributed by atoms with E-state index in [-0.39, 0.29) is 23.2 Å². The molecule has 4 aromatic rings. The molecule has 3 aromatic heterocycles. The second-order valence-electron chi connectivity index (χ2n) is 10.0. The number of carbonyl (C=O) groups is 3. The van der Waals surface area contributed by atoms with Crippen LogP contribution in [-0.2, 0) is 4.79 Å². The molecule has 0 saturated carbocycles. The molecular weight excluding hydrogens is 498 g/mol. The fourth-order valence-electron chi connectivity index (χ4n) is 5.71. The van der Waals surface area contributed by atoms with E-state index in [1.165, 1.54) is 12.3 Å². The number of carboxylic acids is 1. The number of hydrogen-bond donors (Lipinski definition) is 3. The van der Waals surface area contributed by atoms with Gasteiger partial charge in [0, 0.05) is 60.2 Å². The third-order valence-corrected chi connectivity index (χ3v) is 7.78. The van der Waals surface area contributed by atoms with Gasteiger partial charge in [0.1, 0.15) is 28.7 Å².